The summed E-state index contributed by atoms with van der Waals surface area (Å²) in [5.41, 5.74) is 4.83. The van der Waals surface area contributed by atoms with Crippen LogP contribution in [0.4, 0.5) is 0 Å². The SMILES string of the molecule is [B]C1OC(C)(COC)C(OC)C1N(C)C(=N)N. The van der Waals surface area contributed by atoms with Crippen LogP contribution in [0, 0.1) is 5.41 Å². The Kier molecular flexibility index (Phi) is 4.40. The molecule has 0 saturated carbocycles. The van der Waals surface area contributed by atoms with Crippen molar-refractivity contribution in [3.8, 4) is 0 Å². The maximum Gasteiger partial charge on any atom is 0.188 e. The van der Waals surface area contributed by atoms with E-state index >= 15 is 0 Å². The van der Waals surface area contributed by atoms with Gasteiger partial charge in [0.15, 0.2) is 5.96 Å². The van der Waals surface area contributed by atoms with Gasteiger partial charge in [0.1, 0.15) is 19.6 Å². The molecular weight excluding hydrogens is 221 g/mol. The van der Waals surface area contributed by atoms with Gasteiger partial charge in [0.05, 0.1) is 12.6 Å². The number of methoxy groups -OCH3 is 2. The fraction of sp³-hybridized carbons (Fsp3) is 0.900. The maximum atomic E-state index is 7.46. The number of nitrogens with one attached hydrogen (secondary N) is 1. The number of nitrogens with two attached hydrogens (primary N) is 1. The van der Waals surface area contributed by atoms with Crippen LogP contribution >= 0.6 is 0 Å². The minimum Gasteiger partial charge on any atom is -0.382 e. The van der Waals surface area contributed by atoms with Crippen LogP contribution in [0.1, 0.15) is 6.92 Å². The fourth-order valence-corrected chi connectivity index (χ4v) is 2.36. The zero-order valence-electron chi connectivity index (χ0n) is 10.8. The van der Waals surface area contributed by atoms with Crippen LogP contribution in [-0.4, -0.2) is 70.3 Å². The summed E-state index contributed by atoms with van der Waals surface area (Å²) >= 11 is 0. The Hall–Kier alpha value is -0.785. The lowest BCUT2D eigenvalue weighted by atomic mass is 9.87. The van der Waals surface area contributed by atoms with Gasteiger partial charge < -0.3 is 24.8 Å². The summed E-state index contributed by atoms with van der Waals surface area (Å²) in [5, 5.41) is 7.46. The normalized spacial score (nSPS) is 37.1. The highest BCUT2D eigenvalue weighted by atomic mass is 16.6. The Bertz CT molecular complexity index is 292. The maximum absolute atomic E-state index is 7.46. The van der Waals surface area contributed by atoms with Crippen molar-refractivity contribution in [3.05, 3.63) is 0 Å². The molecule has 1 aliphatic rings. The lowest BCUT2D eigenvalue weighted by Gasteiger charge is -2.34. The molecule has 0 aromatic carbocycles. The third-order valence-corrected chi connectivity index (χ3v) is 3.17. The van der Waals surface area contributed by atoms with Crippen LogP contribution in [0.15, 0.2) is 0 Å². The molecule has 0 bridgehead atoms. The first-order chi connectivity index (χ1) is 7.87. The number of likely N-dealkylation sites (N-methyl/N-ethyl adjacent to an activating group) is 1. The van der Waals surface area contributed by atoms with E-state index in [1.165, 1.54) is 0 Å². The molecule has 1 fully saturated rings. The van der Waals surface area contributed by atoms with Crippen LogP contribution in [-0.2, 0) is 14.2 Å². The van der Waals surface area contributed by atoms with Crippen LogP contribution in [0.2, 0.25) is 0 Å². The van der Waals surface area contributed by atoms with Gasteiger partial charge in [-0.25, -0.2) is 0 Å². The molecule has 0 spiro atoms. The largest absolute Gasteiger partial charge is 0.382 e. The van der Waals surface area contributed by atoms with E-state index < -0.39 is 11.6 Å². The first kappa shape index (κ1) is 14.3. The summed E-state index contributed by atoms with van der Waals surface area (Å²) in [6, 6.07) is -0.883. The van der Waals surface area contributed by atoms with Crippen molar-refractivity contribution in [2.24, 2.45) is 5.73 Å². The molecule has 4 atom stereocenters. The van der Waals surface area contributed by atoms with Gasteiger partial charge in [-0.1, -0.05) is 0 Å². The number of ether oxygens (including phenoxy) is 3. The third kappa shape index (κ3) is 2.56. The van der Waals surface area contributed by atoms with E-state index in [9.17, 15) is 0 Å². The minimum atomic E-state index is -0.642. The molecule has 0 aliphatic carbocycles. The smallest absolute Gasteiger partial charge is 0.188 e. The molecule has 3 N–H and O–H groups in total. The Labute approximate surface area is 103 Å². The van der Waals surface area contributed by atoms with Crippen molar-refractivity contribution < 1.29 is 14.2 Å². The predicted octanol–water partition coefficient (Wildman–Crippen LogP) is -0.875. The molecule has 1 heterocycles. The highest BCUT2D eigenvalue weighted by molar-refractivity contribution is 6.12. The average molecular weight is 241 g/mol. The van der Waals surface area contributed by atoms with Crippen molar-refractivity contribution in [1.82, 2.24) is 4.90 Å². The fourth-order valence-electron chi connectivity index (χ4n) is 2.36. The van der Waals surface area contributed by atoms with Crippen molar-refractivity contribution in [2.75, 3.05) is 27.9 Å². The first-order valence-corrected chi connectivity index (χ1v) is 5.39. The number of hydrogen-bond donors (Lipinski definition) is 2. The van der Waals surface area contributed by atoms with Crippen LogP contribution in [0.3, 0.4) is 0 Å². The van der Waals surface area contributed by atoms with Crippen LogP contribution in [0.25, 0.3) is 0 Å². The number of rotatable bonds is 4. The number of nitrogens with zero attached hydrogens (tertiary/aromatic N) is 1. The highest BCUT2D eigenvalue weighted by Crippen LogP contribution is 2.34. The lowest BCUT2D eigenvalue weighted by molar-refractivity contribution is -0.105. The topological polar surface area (TPSA) is 80.8 Å². The average Bonchev–Trinajstić information content (AvgIpc) is 2.48. The molecular formula is C10H20BN3O3. The van der Waals surface area contributed by atoms with E-state index in [0.717, 1.165) is 0 Å². The second kappa shape index (κ2) is 5.24. The van der Waals surface area contributed by atoms with E-state index in [0.29, 0.717) is 6.61 Å². The van der Waals surface area contributed by atoms with E-state index in [1.54, 1.807) is 26.2 Å². The molecule has 4 unspecified atom stereocenters. The quantitative estimate of drug-likeness (QED) is 0.379. The van der Waals surface area contributed by atoms with E-state index in [4.69, 9.17) is 33.2 Å². The molecule has 7 heteroatoms. The van der Waals surface area contributed by atoms with Gasteiger partial charge in [0.2, 0.25) is 0 Å². The molecule has 17 heavy (non-hydrogen) atoms. The monoisotopic (exact) mass is 241 g/mol. The molecule has 1 aliphatic heterocycles. The Morgan fingerprint density at radius 3 is 2.59 bits per heavy atom. The lowest BCUT2D eigenvalue weighted by Crippen LogP contribution is -2.54. The standard InChI is InChI=1S/C10H20BN3O3/c1-10(5-15-3)7(16-4)6(8(11)17-10)14(2)9(12)13/h6-8H,5H2,1-4H3,(H3,12,13). The summed E-state index contributed by atoms with van der Waals surface area (Å²) in [6.07, 6.45) is -0.314. The zero-order chi connectivity index (χ0) is 13.2. The minimum absolute atomic E-state index is 0.0715. The first-order valence-electron chi connectivity index (χ1n) is 5.39. The van der Waals surface area contributed by atoms with Gasteiger partial charge >= 0.3 is 0 Å². The second-order valence-electron chi connectivity index (χ2n) is 4.47. The molecule has 6 nitrogen and oxygen atoms in total. The van der Waals surface area contributed by atoms with E-state index in [-0.39, 0.29) is 18.1 Å². The van der Waals surface area contributed by atoms with Crippen molar-refractivity contribution in [2.45, 2.75) is 30.7 Å². The summed E-state index contributed by atoms with van der Waals surface area (Å²) < 4.78 is 16.3. The number of guanidine groups is 1. The van der Waals surface area contributed by atoms with Gasteiger partial charge in [-0.15, -0.1) is 0 Å². The second-order valence-corrected chi connectivity index (χ2v) is 4.47. The van der Waals surface area contributed by atoms with Crippen LogP contribution < -0.4 is 5.73 Å². The van der Waals surface area contributed by atoms with Crippen molar-refractivity contribution in [1.29, 1.82) is 5.41 Å². The third-order valence-electron chi connectivity index (χ3n) is 3.17. The summed E-state index contributed by atoms with van der Waals surface area (Å²) in [4.78, 5) is 1.56. The molecule has 0 amide bonds. The van der Waals surface area contributed by atoms with Gasteiger partial charge in [-0.3, -0.25) is 5.41 Å². The van der Waals surface area contributed by atoms with Gasteiger partial charge in [0, 0.05) is 27.3 Å². The molecule has 1 rings (SSSR count). The van der Waals surface area contributed by atoms with E-state index in [2.05, 4.69) is 0 Å². The van der Waals surface area contributed by atoms with Crippen molar-refractivity contribution >= 4 is 13.8 Å². The zero-order valence-corrected chi connectivity index (χ0v) is 10.8. The van der Waals surface area contributed by atoms with Crippen molar-refractivity contribution in [3.63, 3.8) is 0 Å². The number of hydrogen-bond acceptors (Lipinski definition) is 4. The predicted molar refractivity (Wildman–Crippen MR) is 65.2 cm³/mol. The summed E-state index contributed by atoms with van der Waals surface area (Å²) in [5.74, 6) is -0.0715. The van der Waals surface area contributed by atoms with E-state index in [1.807, 2.05) is 6.92 Å². The molecule has 2 radical (unpaired) electrons. The van der Waals surface area contributed by atoms with Crippen LogP contribution in [0.5, 0.6) is 0 Å². The summed E-state index contributed by atoms with van der Waals surface area (Å²) in [6.45, 7) is 2.24. The molecule has 1 saturated heterocycles. The molecule has 0 aromatic heterocycles. The van der Waals surface area contributed by atoms with Gasteiger partial charge in [-0.05, 0) is 6.92 Å². The Balaban J connectivity index is 2.95. The highest BCUT2D eigenvalue weighted by Gasteiger charge is 2.52. The Morgan fingerprint density at radius 1 is 1.59 bits per heavy atom. The summed E-state index contributed by atoms with van der Waals surface area (Å²) in [7, 11) is 10.8. The Morgan fingerprint density at radius 2 is 2.18 bits per heavy atom. The van der Waals surface area contributed by atoms with Gasteiger partial charge in [-0.2, -0.15) is 0 Å². The molecule has 96 valence electrons. The van der Waals surface area contributed by atoms with Gasteiger partial charge in [0.25, 0.3) is 0 Å². The molecule has 0 aromatic rings.